The van der Waals surface area contributed by atoms with Crippen LogP contribution < -0.4 is 11.1 Å². The van der Waals surface area contributed by atoms with Crippen molar-refractivity contribution in [3.63, 3.8) is 0 Å². The molecule has 0 aromatic carbocycles. The molecule has 114 valence electrons. The van der Waals surface area contributed by atoms with E-state index in [1.54, 1.807) is 14.0 Å². The van der Waals surface area contributed by atoms with Crippen molar-refractivity contribution >= 4 is 18.3 Å². The first-order valence-electron chi connectivity index (χ1n) is 6.81. The number of amides is 1. The molecule has 0 aliphatic heterocycles. The summed E-state index contributed by atoms with van der Waals surface area (Å²) < 4.78 is 5.48. The molecule has 1 rings (SSSR count). The van der Waals surface area contributed by atoms with E-state index in [2.05, 4.69) is 26.1 Å². The zero-order chi connectivity index (χ0) is 14.1. The number of hydrogen-bond acceptors (Lipinski definition) is 3. The fourth-order valence-electron chi connectivity index (χ4n) is 3.36. The van der Waals surface area contributed by atoms with E-state index >= 15 is 0 Å². The van der Waals surface area contributed by atoms with Crippen molar-refractivity contribution in [1.29, 1.82) is 0 Å². The van der Waals surface area contributed by atoms with Crippen molar-refractivity contribution in [1.82, 2.24) is 5.32 Å². The van der Waals surface area contributed by atoms with Crippen molar-refractivity contribution < 1.29 is 9.53 Å². The van der Waals surface area contributed by atoms with Crippen LogP contribution in [0, 0.1) is 11.3 Å². The van der Waals surface area contributed by atoms with E-state index in [9.17, 15) is 4.79 Å². The van der Waals surface area contributed by atoms with Crippen LogP contribution in [0.4, 0.5) is 0 Å². The van der Waals surface area contributed by atoms with Gasteiger partial charge in [0.25, 0.3) is 0 Å². The summed E-state index contributed by atoms with van der Waals surface area (Å²) in [7, 11) is 1.73. The van der Waals surface area contributed by atoms with Crippen molar-refractivity contribution in [2.75, 3.05) is 7.11 Å². The molecule has 5 heteroatoms. The van der Waals surface area contributed by atoms with E-state index in [0.717, 1.165) is 6.42 Å². The maximum atomic E-state index is 12.2. The second kappa shape index (κ2) is 6.42. The first-order chi connectivity index (χ1) is 8.18. The molecule has 1 amide bonds. The summed E-state index contributed by atoms with van der Waals surface area (Å²) in [5.41, 5.74) is 5.25. The minimum atomic E-state index is -0.775. The number of ether oxygens (including phenoxy) is 1. The maximum Gasteiger partial charge on any atom is 0.240 e. The summed E-state index contributed by atoms with van der Waals surface area (Å²) in [5, 5.41) is 3.10. The molecular formula is C14H29ClN2O2. The third-order valence-electron chi connectivity index (χ3n) is 4.37. The molecule has 19 heavy (non-hydrogen) atoms. The zero-order valence-electron chi connectivity index (χ0n) is 12.9. The molecule has 0 aromatic rings. The lowest BCUT2D eigenvalue weighted by atomic mass is 9.57. The number of nitrogens with two attached hydrogens (primary N) is 1. The van der Waals surface area contributed by atoms with Crippen LogP contribution in [0.25, 0.3) is 0 Å². The van der Waals surface area contributed by atoms with Gasteiger partial charge in [-0.3, -0.25) is 4.79 Å². The average Bonchev–Trinajstić information content (AvgIpc) is 2.25. The van der Waals surface area contributed by atoms with Crippen LogP contribution in [0.1, 0.15) is 47.5 Å². The molecule has 0 radical (unpaired) electrons. The van der Waals surface area contributed by atoms with Gasteiger partial charge in [-0.05, 0) is 13.3 Å². The number of carbonyl (C=O) groups excluding carboxylic acids is 1. The second-order valence-corrected chi connectivity index (χ2v) is 6.46. The average molecular weight is 293 g/mol. The smallest absolute Gasteiger partial charge is 0.240 e. The fraction of sp³-hybridized carbons (Fsp3) is 0.929. The van der Waals surface area contributed by atoms with Gasteiger partial charge in [-0.25, -0.2) is 0 Å². The summed E-state index contributed by atoms with van der Waals surface area (Å²) in [5.74, 6) is 0.273. The third-order valence-corrected chi connectivity index (χ3v) is 4.37. The van der Waals surface area contributed by atoms with Crippen LogP contribution in [0.2, 0.25) is 0 Å². The Morgan fingerprint density at radius 1 is 1.47 bits per heavy atom. The number of rotatable bonds is 5. The maximum absolute atomic E-state index is 12.2. The Morgan fingerprint density at radius 3 is 2.37 bits per heavy atom. The third kappa shape index (κ3) is 3.41. The molecule has 0 bridgehead atoms. The van der Waals surface area contributed by atoms with E-state index in [1.807, 2.05) is 6.92 Å². The lowest BCUT2D eigenvalue weighted by Crippen LogP contribution is -2.70. The molecule has 0 heterocycles. The van der Waals surface area contributed by atoms with Crippen molar-refractivity contribution in [2.45, 2.75) is 65.1 Å². The number of carbonyl (C=O) groups is 1. The molecule has 1 saturated carbocycles. The SMILES string of the molecule is CCCC(C)(N)C(=O)NC1C(C)C(OC)C1(C)C.Cl. The molecule has 0 spiro atoms. The molecule has 1 aliphatic carbocycles. The number of hydrogen-bond donors (Lipinski definition) is 2. The minimum Gasteiger partial charge on any atom is -0.380 e. The lowest BCUT2D eigenvalue weighted by molar-refractivity contribution is -0.156. The molecular weight excluding hydrogens is 264 g/mol. The number of nitrogens with one attached hydrogen (secondary N) is 1. The van der Waals surface area contributed by atoms with Crippen LogP contribution in [0.5, 0.6) is 0 Å². The Labute approximate surface area is 123 Å². The van der Waals surface area contributed by atoms with Gasteiger partial charge in [0.15, 0.2) is 0 Å². The van der Waals surface area contributed by atoms with E-state index in [4.69, 9.17) is 10.5 Å². The Balaban J connectivity index is 0.00000324. The predicted octanol–water partition coefficient (Wildman–Crippen LogP) is 2.10. The van der Waals surface area contributed by atoms with Crippen LogP contribution in [0.3, 0.4) is 0 Å². The van der Waals surface area contributed by atoms with Gasteiger partial charge in [-0.2, -0.15) is 0 Å². The largest absolute Gasteiger partial charge is 0.380 e. The molecule has 4 unspecified atom stereocenters. The molecule has 3 N–H and O–H groups in total. The van der Waals surface area contributed by atoms with E-state index in [-0.39, 0.29) is 35.9 Å². The standard InChI is InChI=1S/C14H28N2O2.ClH/c1-7-8-14(5,15)12(17)16-10-9(2)11(18-6)13(10,3)4;/h9-11H,7-8,15H2,1-6H3,(H,16,17);1H. The van der Waals surface area contributed by atoms with E-state index < -0.39 is 5.54 Å². The van der Waals surface area contributed by atoms with Crippen LogP contribution >= 0.6 is 12.4 Å². The molecule has 4 nitrogen and oxygen atoms in total. The number of halogens is 1. The van der Waals surface area contributed by atoms with Gasteiger partial charge in [0, 0.05) is 24.5 Å². The molecule has 1 aliphatic rings. The molecule has 0 saturated heterocycles. The van der Waals surface area contributed by atoms with Gasteiger partial charge < -0.3 is 15.8 Å². The number of methoxy groups -OCH3 is 1. The van der Waals surface area contributed by atoms with Crippen molar-refractivity contribution in [2.24, 2.45) is 17.1 Å². The van der Waals surface area contributed by atoms with Crippen molar-refractivity contribution in [3.05, 3.63) is 0 Å². The van der Waals surface area contributed by atoms with Gasteiger partial charge in [-0.15, -0.1) is 12.4 Å². The minimum absolute atomic E-state index is 0. The highest BCUT2D eigenvalue weighted by Crippen LogP contribution is 2.47. The Morgan fingerprint density at radius 2 is 2.00 bits per heavy atom. The quantitative estimate of drug-likeness (QED) is 0.816. The van der Waals surface area contributed by atoms with Crippen LogP contribution in [-0.2, 0) is 9.53 Å². The molecule has 4 atom stereocenters. The van der Waals surface area contributed by atoms with Gasteiger partial charge in [-0.1, -0.05) is 34.1 Å². The van der Waals surface area contributed by atoms with Crippen LogP contribution in [-0.4, -0.2) is 30.7 Å². The van der Waals surface area contributed by atoms with E-state index in [1.165, 1.54) is 0 Å². The summed E-state index contributed by atoms with van der Waals surface area (Å²) in [4.78, 5) is 12.2. The highest BCUT2D eigenvalue weighted by molar-refractivity contribution is 5.86. The molecule has 1 fully saturated rings. The lowest BCUT2D eigenvalue weighted by Gasteiger charge is -2.56. The topological polar surface area (TPSA) is 64.4 Å². The monoisotopic (exact) mass is 292 g/mol. The van der Waals surface area contributed by atoms with Gasteiger partial charge >= 0.3 is 0 Å². The van der Waals surface area contributed by atoms with E-state index in [0.29, 0.717) is 12.3 Å². The van der Waals surface area contributed by atoms with Crippen LogP contribution in [0.15, 0.2) is 0 Å². The Bertz CT molecular complexity index is 319. The zero-order valence-corrected chi connectivity index (χ0v) is 13.8. The summed E-state index contributed by atoms with van der Waals surface area (Å²) in [6, 6.07) is 0.134. The fourth-order valence-corrected chi connectivity index (χ4v) is 3.36. The predicted molar refractivity (Wildman–Crippen MR) is 80.4 cm³/mol. The highest BCUT2D eigenvalue weighted by atomic mass is 35.5. The van der Waals surface area contributed by atoms with Gasteiger partial charge in [0.2, 0.25) is 5.91 Å². The summed E-state index contributed by atoms with van der Waals surface area (Å²) in [6.07, 6.45) is 1.80. The van der Waals surface area contributed by atoms with Gasteiger partial charge in [0.1, 0.15) is 0 Å². The Hall–Kier alpha value is -0.320. The molecule has 0 aromatic heterocycles. The van der Waals surface area contributed by atoms with Gasteiger partial charge in [0.05, 0.1) is 11.6 Å². The second-order valence-electron chi connectivity index (χ2n) is 6.46. The highest BCUT2D eigenvalue weighted by Gasteiger charge is 2.55. The first kappa shape index (κ1) is 18.7. The summed E-state index contributed by atoms with van der Waals surface area (Å²) in [6.45, 7) is 10.2. The first-order valence-corrected chi connectivity index (χ1v) is 6.81. The van der Waals surface area contributed by atoms with Crippen molar-refractivity contribution in [3.8, 4) is 0 Å². The summed E-state index contributed by atoms with van der Waals surface area (Å²) >= 11 is 0. The Kier molecular flexibility index (Phi) is 6.31. The normalized spacial score (nSPS) is 31.6.